The van der Waals surface area contributed by atoms with Crippen molar-refractivity contribution in [1.29, 1.82) is 0 Å². The van der Waals surface area contributed by atoms with Gasteiger partial charge in [0.25, 0.3) is 0 Å². The summed E-state index contributed by atoms with van der Waals surface area (Å²) in [5.41, 5.74) is 3.70. The Hall–Kier alpha value is -4.18. The minimum atomic E-state index is -0.423. The molecule has 0 aliphatic rings. The molecule has 0 atom stereocenters. The third kappa shape index (κ3) is 4.16. The van der Waals surface area contributed by atoms with Gasteiger partial charge in [0, 0.05) is 12.2 Å². The molecule has 4 heteroatoms. The summed E-state index contributed by atoms with van der Waals surface area (Å²) in [6.45, 7) is 0. The van der Waals surface area contributed by atoms with Crippen molar-refractivity contribution in [3.05, 3.63) is 96.1 Å². The van der Waals surface area contributed by atoms with E-state index in [1.54, 1.807) is 12.2 Å². The Labute approximate surface area is 186 Å². The van der Waals surface area contributed by atoms with E-state index in [-0.39, 0.29) is 0 Å². The molecule has 0 fully saturated rings. The van der Waals surface area contributed by atoms with Crippen LogP contribution < -0.4 is 0 Å². The Morgan fingerprint density at radius 2 is 1.00 bits per heavy atom. The van der Waals surface area contributed by atoms with Gasteiger partial charge < -0.3 is 9.47 Å². The van der Waals surface area contributed by atoms with Gasteiger partial charge >= 0.3 is 11.9 Å². The number of rotatable bonds is 5. The van der Waals surface area contributed by atoms with E-state index in [4.69, 9.17) is 9.47 Å². The van der Waals surface area contributed by atoms with Gasteiger partial charge in [-0.2, -0.15) is 0 Å². The summed E-state index contributed by atoms with van der Waals surface area (Å²) in [7, 11) is 2.71. The van der Waals surface area contributed by atoms with Crippen LogP contribution in [0.2, 0.25) is 0 Å². The number of esters is 2. The van der Waals surface area contributed by atoms with Crippen LogP contribution in [0.4, 0.5) is 0 Å². The number of fused-ring (bicyclic) bond motifs is 2. The lowest BCUT2D eigenvalue weighted by Crippen LogP contribution is -1.96. The smallest absolute Gasteiger partial charge is 0.330 e. The Morgan fingerprint density at radius 1 is 0.594 bits per heavy atom. The number of hydrogen-bond donors (Lipinski definition) is 0. The van der Waals surface area contributed by atoms with Crippen molar-refractivity contribution in [2.45, 2.75) is 0 Å². The van der Waals surface area contributed by atoms with Crippen molar-refractivity contribution < 1.29 is 19.1 Å². The van der Waals surface area contributed by atoms with Gasteiger partial charge in [-0.15, -0.1) is 0 Å². The van der Waals surface area contributed by atoms with Crippen LogP contribution in [0, 0.1) is 0 Å². The summed E-state index contributed by atoms with van der Waals surface area (Å²) in [6, 6.07) is 24.3. The van der Waals surface area contributed by atoms with E-state index in [2.05, 4.69) is 24.3 Å². The summed E-state index contributed by atoms with van der Waals surface area (Å²) in [5.74, 6) is -0.847. The molecular weight excluding hydrogens is 400 g/mol. The van der Waals surface area contributed by atoms with Crippen molar-refractivity contribution in [2.75, 3.05) is 14.2 Å². The Morgan fingerprint density at radius 3 is 1.41 bits per heavy atom. The van der Waals surface area contributed by atoms with Gasteiger partial charge in [-0.1, -0.05) is 72.8 Å². The molecule has 4 rings (SSSR count). The molecule has 0 amide bonds. The highest BCUT2D eigenvalue weighted by Gasteiger charge is 2.15. The number of hydrogen-bond acceptors (Lipinski definition) is 4. The number of carbonyl (C=O) groups excluding carboxylic acids is 2. The van der Waals surface area contributed by atoms with E-state index in [9.17, 15) is 9.59 Å². The standard InChI is InChI=1S/C28H22O4/c1-31-25(29)17-15-21-13-11-19-7-3-5-9-23(19)27(21)28-22(16-18-26(30)32-2)14-12-20-8-4-6-10-24(20)28/h3-18H,1-2H3/b17-15+,18-16+. The van der Waals surface area contributed by atoms with E-state index >= 15 is 0 Å². The third-order valence-corrected chi connectivity index (χ3v) is 5.37. The lowest BCUT2D eigenvalue weighted by Gasteiger charge is -2.17. The van der Waals surface area contributed by atoms with Crippen LogP contribution in [0.5, 0.6) is 0 Å². The first kappa shape index (κ1) is 21.1. The molecule has 0 bridgehead atoms. The summed E-state index contributed by atoms with van der Waals surface area (Å²) >= 11 is 0. The summed E-state index contributed by atoms with van der Waals surface area (Å²) in [6.07, 6.45) is 6.37. The second-order valence-electron chi connectivity index (χ2n) is 7.21. The van der Waals surface area contributed by atoms with Crippen molar-refractivity contribution in [1.82, 2.24) is 0 Å². The molecule has 32 heavy (non-hydrogen) atoms. The van der Waals surface area contributed by atoms with Crippen LogP contribution in [0.25, 0.3) is 44.8 Å². The molecule has 4 nitrogen and oxygen atoms in total. The molecular formula is C28H22O4. The summed E-state index contributed by atoms with van der Waals surface area (Å²) in [4.78, 5) is 23.6. The van der Waals surface area contributed by atoms with Crippen molar-refractivity contribution in [3.63, 3.8) is 0 Å². The van der Waals surface area contributed by atoms with E-state index in [1.807, 2.05) is 48.5 Å². The zero-order valence-corrected chi connectivity index (χ0v) is 17.9. The molecule has 0 radical (unpaired) electrons. The topological polar surface area (TPSA) is 52.6 Å². The monoisotopic (exact) mass is 422 g/mol. The first-order valence-corrected chi connectivity index (χ1v) is 10.2. The lowest BCUT2D eigenvalue weighted by molar-refractivity contribution is -0.135. The molecule has 0 aliphatic carbocycles. The highest BCUT2D eigenvalue weighted by Crippen LogP contribution is 2.40. The highest BCUT2D eigenvalue weighted by molar-refractivity contribution is 6.11. The molecule has 4 aromatic carbocycles. The van der Waals surface area contributed by atoms with E-state index in [0.717, 1.165) is 43.8 Å². The van der Waals surface area contributed by atoms with Crippen LogP contribution >= 0.6 is 0 Å². The van der Waals surface area contributed by atoms with Gasteiger partial charge in [0.15, 0.2) is 0 Å². The second kappa shape index (κ2) is 9.31. The molecule has 0 heterocycles. The molecule has 0 aliphatic heterocycles. The molecule has 0 N–H and O–H groups in total. The fourth-order valence-electron chi connectivity index (χ4n) is 3.86. The first-order valence-electron chi connectivity index (χ1n) is 10.2. The van der Waals surface area contributed by atoms with E-state index in [0.29, 0.717) is 0 Å². The molecule has 0 aromatic heterocycles. The van der Waals surface area contributed by atoms with Crippen LogP contribution in [0.1, 0.15) is 11.1 Å². The Kier molecular flexibility index (Phi) is 6.13. The van der Waals surface area contributed by atoms with Crippen molar-refractivity contribution in [3.8, 4) is 11.1 Å². The van der Waals surface area contributed by atoms with Crippen molar-refractivity contribution in [2.24, 2.45) is 0 Å². The number of carbonyl (C=O) groups is 2. The third-order valence-electron chi connectivity index (χ3n) is 5.37. The molecule has 4 aromatic rings. The van der Waals surface area contributed by atoms with Gasteiger partial charge in [-0.3, -0.25) is 0 Å². The van der Waals surface area contributed by atoms with Gasteiger partial charge in [-0.25, -0.2) is 9.59 Å². The fraction of sp³-hybridized carbons (Fsp3) is 0.0714. The number of benzene rings is 4. The number of methoxy groups -OCH3 is 2. The molecule has 158 valence electrons. The maximum atomic E-state index is 11.8. The maximum absolute atomic E-state index is 11.8. The summed E-state index contributed by atoms with van der Waals surface area (Å²) in [5, 5.41) is 4.24. The Balaban J connectivity index is 2.10. The zero-order valence-electron chi connectivity index (χ0n) is 17.9. The molecule has 0 spiro atoms. The van der Waals surface area contributed by atoms with Gasteiger partial charge in [0.1, 0.15) is 0 Å². The average Bonchev–Trinajstić information content (AvgIpc) is 2.85. The minimum Gasteiger partial charge on any atom is -0.466 e. The van der Waals surface area contributed by atoms with Crippen molar-refractivity contribution >= 4 is 45.6 Å². The van der Waals surface area contributed by atoms with Crippen LogP contribution in [0.15, 0.2) is 84.9 Å². The van der Waals surface area contributed by atoms with Crippen LogP contribution in [0.3, 0.4) is 0 Å². The quantitative estimate of drug-likeness (QED) is 0.291. The molecule has 0 unspecified atom stereocenters. The Bertz CT molecular complexity index is 1270. The number of ether oxygens (including phenoxy) is 2. The first-order chi connectivity index (χ1) is 15.6. The van der Waals surface area contributed by atoms with Crippen LogP contribution in [-0.2, 0) is 19.1 Å². The van der Waals surface area contributed by atoms with Gasteiger partial charge in [0.05, 0.1) is 14.2 Å². The molecule has 0 saturated heterocycles. The lowest BCUT2D eigenvalue weighted by atomic mass is 9.87. The molecule has 0 saturated carbocycles. The van der Waals surface area contributed by atoms with E-state index < -0.39 is 11.9 Å². The zero-order chi connectivity index (χ0) is 22.5. The average molecular weight is 422 g/mol. The van der Waals surface area contributed by atoms with Gasteiger partial charge in [-0.05, 0) is 56.0 Å². The van der Waals surface area contributed by atoms with E-state index in [1.165, 1.54) is 26.4 Å². The minimum absolute atomic E-state index is 0.423. The highest BCUT2D eigenvalue weighted by atomic mass is 16.5. The SMILES string of the molecule is COC(=O)/C=C/c1ccc2ccccc2c1-c1c(/C=C/C(=O)OC)ccc2ccccc12. The van der Waals surface area contributed by atoms with Crippen LogP contribution in [-0.4, -0.2) is 26.2 Å². The second-order valence-corrected chi connectivity index (χ2v) is 7.21. The normalized spacial score (nSPS) is 11.4. The fourth-order valence-corrected chi connectivity index (χ4v) is 3.86. The predicted octanol–water partition coefficient (Wildman–Crippen LogP) is 6.03. The summed E-state index contributed by atoms with van der Waals surface area (Å²) < 4.78 is 9.58. The van der Waals surface area contributed by atoms with Gasteiger partial charge in [0.2, 0.25) is 0 Å². The maximum Gasteiger partial charge on any atom is 0.330 e. The largest absolute Gasteiger partial charge is 0.466 e. The predicted molar refractivity (Wildman–Crippen MR) is 129 cm³/mol.